The van der Waals surface area contributed by atoms with Crippen LogP contribution in [0.3, 0.4) is 0 Å². The first-order chi connectivity index (χ1) is 15.7. The molecule has 2 aromatic rings. The summed E-state index contributed by atoms with van der Waals surface area (Å²) in [5.41, 5.74) is 3.23. The van der Waals surface area contributed by atoms with E-state index in [2.05, 4.69) is 21.0 Å². The lowest BCUT2D eigenvalue weighted by Gasteiger charge is -2.32. The summed E-state index contributed by atoms with van der Waals surface area (Å²) in [7, 11) is 0. The lowest BCUT2D eigenvalue weighted by molar-refractivity contribution is -0.129. The molecular formula is C25H30N2O5. The van der Waals surface area contributed by atoms with Gasteiger partial charge in [-0.15, -0.1) is 0 Å². The Hall–Kier alpha value is -3.35. The summed E-state index contributed by atoms with van der Waals surface area (Å²) in [6.45, 7) is 4.72. The van der Waals surface area contributed by atoms with Crippen molar-refractivity contribution in [1.29, 1.82) is 0 Å². The number of carbonyl (C=O) groups is 3. The van der Waals surface area contributed by atoms with Crippen LogP contribution in [0.4, 0.5) is 5.69 Å². The molecule has 0 saturated carbocycles. The van der Waals surface area contributed by atoms with Crippen molar-refractivity contribution in [2.45, 2.75) is 32.1 Å². The van der Waals surface area contributed by atoms with Crippen LogP contribution in [0, 0.1) is 0 Å². The van der Waals surface area contributed by atoms with Crippen LogP contribution in [-0.4, -0.2) is 51.2 Å². The van der Waals surface area contributed by atoms with E-state index in [1.807, 2.05) is 25.1 Å². The molecule has 0 aromatic heterocycles. The second-order valence-electron chi connectivity index (χ2n) is 7.66. The van der Waals surface area contributed by atoms with Crippen LogP contribution in [0.15, 0.2) is 48.5 Å². The number of likely N-dealkylation sites (N-methyl/N-ethyl adjacent to an activating group) is 1. The van der Waals surface area contributed by atoms with Gasteiger partial charge in [-0.1, -0.05) is 30.3 Å². The molecule has 0 radical (unpaired) electrons. The fourth-order valence-electron chi connectivity index (χ4n) is 4.03. The Morgan fingerprint density at radius 1 is 1.03 bits per heavy atom. The van der Waals surface area contributed by atoms with E-state index in [1.165, 1.54) is 6.42 Å². The maximum atomic E-state index is 13.1. The van der Waals surface area contributed by atoms with Gasteiger partial charge in [-0.3, -0.25) is 9.59 Å². The molecule has 1 atom stereocenters. The third-order valence-corrected chi connectivity index (χ3v) is 5.54. The van der Waals surface area contributed by atoms with Crippen LogP contribution >= 0.6 is 0 Å². The molecule has 170 valence electrons. The Balaban J connectivity index is 1.87. The lowest BCUT2D eigenvalue weighted by Crippen LogP contribution is -2.34. The van der Waals surface area contributed by atoms with E-state index in [4.69, 9.17) is 4.74 Å². The predicted octanol–water partition coefficient (Wildman–Crippen LogP) is 3.27. The topological polar surface area (TPSA) is 84.9 Å². The average Bonchev–Trinajstić information content (AvgIpc) is 2.83. The summed E-state index contributed by atoms with van der Waals surface area (Å²) in [5, 5.41) is 2.96. The Morgan fingerprint density at radius 3 is 2.44 bits per heavy atom. The minimum atomic E-state index is -0.505. The lowest BCUT2D eigenvalue weighted by atomic mass is 9.88. The average molecular weight is 439 g/mol. The van der Waals surface area contributed by atoms with Gasteiger partial charge in [0.2, 0.25) is 5.91 Å². The van der Waals surface area contributed by atoms with Crippen molar-refractivity contribution in [2.24, 2.45) is 0 Å². The van der Waals surface area contributed by atoms with Gasteiger partial charge in [0.1, 0.15) is 13.2 Å². The number of nitrogens with zero attached hydrogens (tertiary/aromatic N) is 1. The Bertz CT molecular complexity index is 907. The molecule has 2 aromatic carbocycles. The highest BCUT2D eigenvalue weighted by Gasteiger charge is 2.27. The molecule has 0 spiro atoms. The number of hydrogen-bond donors (Lipinski definition) is 1. The van der Waals surface area contributed by atoms with Crippen molar-refractivity contribution >= 4 is 24.0 Å². The van der Waals surface area contributed by atoms with Gasteiger partial charge in [0.15, 0.2) is 0 Å². The predicted molar refractivity (Wildman–Crippen MR) is 122 cm³/mol. The van der Waals surface area contributed by atoms with Crippen LogP contribution in [0.25, 0.3) is 0 Å². The summed E-state index contributed by atoms with van der Waals surface area (Å²) in [4.78, 5) is 37.9. The summed E-state index contributed by atoms with van der Waals surface area (Å²) >= 11 is 0. The minimum Gasteiger partial charge on any atom is -0.464 e. The second kappa shape index (κ2) is 11.9. The van der Waals surface area contributed by atoms with Gasteiger partial charge >= 0.3 is 5.97 Å². The molecule has 7 heteroatoms. The number of amides is 1. The summed E-state index contributed by atoms with van der Waals surface area (Å²) < 4.78 is 9.61. The highest BCUT2D eigenvalue weighted by atomic mass is 16.6. The molecule has 1 heterocycles. The molecule has 7 nitrogen and oxygen atoms in total. The second-order valence-corrected chi connectivity index (χ2v) is 7.66. The van der Waals surface area contributed by atoms with Crippen molar-refractivity contribution in [2.75, 3.05) is 37.7 Å². The molecule has 1 aliphatic heterocycles. The Kier molecular flexibility index (Phi) is 8.66. The first kappa shape index (κ1) is 23.3. The first-order valence-electron chi connectivity index (χ1n) is 11.1. The number of carbonyl (C=O) groups excluding carboxylic acids is 3. The van der Waals surface area contributed by atoms with Crippen LogP contribution < -0.4 is 10.2 Å². The van der Waals surface area contributed by atoms with Gasteiger partial charge in [0.25, 0.3) is 6.47 Å². The van der Waals surface area contributed by atoms with Gasteiger partial charge in [-0.2, -0.15) is 0 Å². The molecule has 0 aliphatic carbocycles. The minimum absolute atomic E-state index is 0.00986. The summed E-state index contributed by atoms with van der Waals surface area (Å²) in [6, 6.07) is 15.0. The molecule has 1 unspecified atom stereocenters. The number of piperidine rings is 1. The molecule has 1 fully saturated rings. The third-order valence-electron chi connectivity index (χ3n) is 5.54. The van der Waals surface area contributed by atoms with E-state index in [0.717, 1.165) is 42.7 Å². The highest BCUT2D eigenvalue weighted by Crippen LogP contribution is 2.34. The van der Waals surface area contributed by atoms with Crippen LogP contribution in [0.2, 0.25) is 0 Å². The molecule has 32 heavy (non-hydrogen) atoms. The Morgan fingerprint density at radius 2 is 1.75 bits per heavy atom. The maximum absolute atomic E-state index is 13.1. The quantitative estimate of drug-likeness (QED) is 0.348. The molecule has 0 bridgehead atoms. The van der Waals surface area contributed by atoms with Crippen LogP contribution in [0.5, 0.6) is 0 Å². The van der Waals surface area contributed by atoms with Gasteiger partial charge in [-0.05, 0) is 55.5 Å². The molecule has 1 saturated heterocycles. The van der Waals surface area contributed by atoms with E-state index >= 15 is 0 Å². The number of anilines is 1. The number of rotatable bonds is 10. The number of nitrogens with one attached hydrogen (secondary N) is 1. The smallest absolute Gasteiger partial charge is 0.338 e. The van der Waals surface area contributed by atoms with Gasteiger partial charge in [0, 0.05) is 25.3 Å². The van der Waals surface area contributed by atoms with Gasteiger partial charge < -0.3 is 19.7 Å². The zero-order valence-electron chi connectivity index (χ0n) is 18.4. The molecule has 1 aliphatic rings. The van der Waals surface area contributed by atoms with E-state index < -0.39 is 11.9 Å². The van der Waals surface area contributed by atoms with Crippen molar-refractivity contribution < 1.29 is 23.9 Å². The van der Waals surface area contributed by atoms with Crippen LogP contribution in [-0.2, 0) is 19.1 Å². The third kappa shape index (κ3) is 5.87. The fraction of sp³-hybridized carbons (Fsp3) is 0.400. The van der Waals surface area contributed by atoms with Crippen LogP contribution in [0.1, 0.15) is 53.6 Å². The number of benzene rings is 2. The van der Waals surface area contributed by atoms with Crippen molar-refractivity contribution in [1.82, 2.24) is 5.32 Å². The van der Waals surface area contributed by atoms with Gasteiger partial charge in [0.05, 0.1) is 11.5 Å². The molecule has 3 rings (SSSR count). The normalized spacial score (nSPS) is 14.3. The SMILES string of the molecule is CCNC(=O)C(c1ccc(C(=O)OCCOC=O)cc1)c1ccccc1N1CCCCC1. The van der Waals surface area contributed by atoms with E-state index in [-0.39, 0.29) is 19.1 Å². The number of esters is 1. The number of hydrogen-bond acceptors (Lipinski definition) is 6. The largest absolute Gasteiger partial charge is 0.464 e. The van der Waals surface area contributed by atoms with E-state index in [9.17, 15) is 14.4 Å². The summed E-state index contributed by atoms with van der Waals surface area (Å²) in [5.74, 6) is -1.06. The molecular weight excluding hydrogens is 408 g/mol. The standard InChI is InChI=1S/C25H30N2O5/c1-2-26-24(29)23(21-8-4-5-9-22(21)27-14-6-3-7-15-27)19-10-12-20(13-11-19)25(30)32-17-16-31-18-28/h4-5,8-13,18,23H,2-3,6-7,14-17H2,1H3,(H,26,29). The first-order valence-corrected chi connectivity index (χ1v) is 11.1. The maximum Gasteiger partial charge on any atom is 0.338 e. The Labute approximate surface area is 188 Å². The fourth-order valence-corrected chi connectivity index (χ4v) is 4.03. The monoisotopic (exact) mass is 438 g/mol. The van der Waals surface area contributed by atoms with Crippen molar-refractivity contribution in [3.8, 4) is 0 Å². The highest BCUT2D eigenvalue weighted by molar-refractivity contribution is 5.91. The van der Waals surface area contributed by atoms with Crippen molar-refractivity contribution in [3.63, 3.8) is 0 Å². The summed E-state index contributed by atoms with van der Waals surface area (Å²) in [6.07, 6.45) is 3.53. The van der Waals surface area contributed by atoms with Gasteiger partial charge in [-0.25, -0.2) is 4.79 Å². The molecule has 1 N–H and O–H groups in total. The van der Waals surface area contributed by atoms with E-state index in [1.54, 1.807) is 24.3 Å². The molecule has 1 amide bonds. The number of para-hydroxylation sites is 1. The zero-order valence-corrected chi connectivity index (χ0v) is 18.4. The van der Waals surface area contributed by atoms with E-state index in [0.29, 0.717) is 18.6 Å². The number of ether oxygens (including phenoxy) is 2. The van der Waals surface area contributed by atoms with Crippen molar-refractivity contribution in [3.05, 3.63) is 65.2 Å². The zero-order chi connectivity index (χ0) is 22.8.